The number of carbonyl (C=O) groups is 1. The molecule has 2 rings (SSSR count). The van der Waals surface area contributed by atoms with Crippen LogP contribution in [-0.2, 0) is 7.05 Å². The molecule has 0 spiro atoms. The largest absolute Gasteiger partial charge is 0.497 e. The van der Waals surface area contributed by atoms with Crippen molar-refractivity contribution in [3.8, 4) is 17.0 Å². The highest BCUT2D eigenvalue weighted by molar-refractivity contribution is 5.93. The van der Waals surface area contributed by atoms with Crippen LogP contribution in [0.5, 0.6) is 5.75 Å². The van der Waals surface area contributed by atoms with Crippen LogP contribution in [0.15, 0.2) is 43.0 Å². The number of hydrogen-bond acceptors (Lipinski definition) is 3. The van der Waals surface area contributed by atoms with Gasteiger partial charge < -0.3 is 10.1 Å². The van der Waals surface area contributed by atoms with Crippen molar-refractivity contribution in [1.82, 2.24) is 15.1 Å². The third-order valence-corrected chi connectivity index (χ3v) is 2.88. The molecule has 1 aromatic carbocycles. The van der Waals surface area contributed by atoms with Crippen LogP contribution in [0.2, 0.25) is 0 Å². The van der Waals surface area contributed by atoms with E-state index in [0.717, 1.165) is 17.0 Å². The Bertz CT molecular complexity index is 632. The third-order valence-electron chi connectivity index (χ3n) is 2.88. The molecule has 5 nitrogen and oxygen atoms in total. The van der Waals surface area contributed by atoms with Gasteiger partial charge in [-0.2, -0.15) is 5.10 Å². The van der Waals surface area contributed by atoms with E-state index < -0.39 is 0 Å². The SMILES string of the molecule is C=CCNC(=O)c1cc(-c2cccc(OC)c2)n(C)n1. The molecule has 0 aliphatic rings. The first-order valence-electron chi connectivity index (χ1n) is 6.23. The average Bonchev–Trinajstić information content (AvgIpc) is 2.87. The maximum atomic E-state index is 11.9. The number of benzene rings is 1. The Morgan fingerprint density at radius 2 is 2.30 bits per heavy atom. The quantitative estimate of drug-likeness (QED) is 0.846. The van der Waals surface area contributed by atoms with Crippen molar-refractivity contribution in [2.45, 2.75) is 0 Å². The lowest BCUT2D eigenvalue weighted by atomic mass is 10.1. The lowest BCUT2D eigenvalue weighted by molar-refractivity contribution is 0.0952. The molecular weight excluding hydrogens is 254 g/mol. The molecule has 0 unspecified atom stereocenters. The van der Waals surface area contributed by atoms with E-state index in [0.29, 0.717) is 12.2 Å². The summed E-state index contributed by atoms with van der Waals surface area (Å²) in [6.45, 7) is 3.98. The van der Waals surface area contributed by atoms with Crippen molar-refractivity contribution in [3.05, 3.63) is 48.7 Å². The highest BCUT2D eigenvalue weighted by atomic mass is 16.5. The molecule has 1 aromatic heterocycles. The van der Waals surface area contributed by atoms with Gasteiger partial charge in [0.2, 0.25) is 0 Å². The number of hydrogen-bond donors (Lipinski definition) is 1. The first kappa shape index (κ1) is 13.9. The van der Waals surface area contributed by atoms with Crippen molar-refractivity contribution in [1.29, 1.82) is 0 Å². The van der Waals surface area contributed by atoms with Crippen LogP contribution >= 0.6 is 0 Å². The monoisotopic (exact) mass is 271 g/mol. The van der Waals surface area contributed by atoms with Gasteiger partial charge in [-0.25, -0.2) is 0 Å². The number of aromatic nitrogens is 2. The Kier molecular flexibility index (Phi) is 4.20. The number of nitrogens with one attached hydrogen (secondary N) is 1. The zero-order valence-corrected chi connectivity index (χ0v) is 11.6. The van der Waals surface area contributed by atoms with Gasteiger partial charge in [-0.3, -0.25) is 9.48 Å². The van der Waals surface area contributed by atoms with E-state index in [2.05, 4.69) is 17.0 Å². The number of ether oxygens (including phenoxy) is 1. The van der Waals surface area contributed by atoms with Crippen molar-refractivity contribution >= 4 is 5.91 Å². The summed E-state index contributed by atoms with van der Waals surface area (Å²) >= 11 is 0. The number of carbonyl (C=O) groups excluding carboxylic acids is 1. The zero-order chi connectivity index (χ0) is 14.5. The highest BCUT2D eigenvalue weighted by Crippen LogP contribution is 2.24. The molecule has 0 bridgehead atoms. The lowest BCUT2D eigenvalue weighted by Crippen LogP contribution is -2.23. The number of aryl methyl sites for hydroxylation is 1. The number of nitrogens with zero attached hydrogens (tertiary/aromatic N) is 2. The predicted molar refractivity (Wildman–Crippen MR) is 77.7 cm³/mol. The van der Waals surface area contributed by atoms with Gasteiger partial charge in [-0.1, -0.05) is 18.2 Å². The second kappa shape index (κ2) is 6.06. The summed E-state index contributed by atoms with van der Waals surface area (Å²) in [7, 11) is 3.43. The number of amides is 1. The first-order valence-corrected chi connectivity index (χ1v) is 6.23. The van der Waals surface area contributed by atoms with Crippen molar-refractivity contribution < 1.29 is 9.53 Å². The molecule has 0 radical (unpaired) electrons. The topological polar surface area (TPSA) is 56.1 Å². The van der Waals surface area contributed by atoms with Crippen LogP contribution in [0, 0.1) is 0 Å². The van der Waals surface area contributed by atoms with Crippen molar-refractivity contribution in [2.24, 2.45) is 7.05 Å². The van der Waals surface area contributed by atoms with Gasteiger partial charge in [0.05, 0.1) is 12.8 Å². The molecule has 104 valence electrons. The van der Waals surface area contributed by atoms with Gasteiger partial charge in [0.15, 0.2) is 5.69 Å². The molecule has 0 saturated heterocycles. The molecule has 0 atom stereocenters. The van der Waals surface area contributed by atoms with E-state index in [1.807, 2.05) is 24.3 Å². The lowest BCUT2D eigenvalue weighted by Gasteiger charge is -2.04. The summed E-state index contributed by atoms with van der Waals surface area (Å²) < 4.78 is 6.88. The third kappa shape index (κ3) is 2.88. The van der Waals surface area contributed by atoms with Crippen LogP contribution < -0.4 is 10.1 Å². The van der Waals surface area contributed by atoms with E-state index in [1.165, 1.54) is 0 Å². The Hall–Kier alpha value is -2.56. The fourth-order valence-electron chi connectivity index (χ4n) is 1.89. The molecular formula is C15H17N3O2. The molecule has 0 saturated carbocycles. The maximum absolute atomic E-state index is 11.9. The minimum atomic E-state index is -0.213. The molecule has 0 fully saturated rings. The molecule has 0 aliphatic heterocycles. The van der Waals surface area contributed by atoms with Crippen LogP contribution in [-0.4, -0.2) is 29.3 Å². The van der Waals surface area contributed by atoms with Gasteiger partial charge in [-0.15, -0.1) is 6.58 Å². The normalized spacial score (nSPS) is 10.1. The highest BCUT2D eigenvalue weighted by Gasteiger charge is 2.13. The molecule has 20 heavy (non-hydrogen) atoms. The van der Waals surface area contributed by atoms with Crippen LogP contribution in [0.1, 0.15) is 10.5 Å². The van der Waals surface area contributed by atoms with Crippen molar-refractivity contribution in [2.75, 3.05) is 13.7 Å². The van der Waals surface area contributed by atoms with Gasteiger partial charge >= 0.3 is 0 Å². The summed E-state index contributed by atoms with van der Waals surface area (Å²) in [6.07, 6.45) is 1.63. The number of methoxy groups -OCH3 is 1. The van der Waals surface area contributed by atoms with Gasteiger partial charge in [0.25, 0.3) is 5.91 Å². The molecule has 1 heterocycles. The van der Waals surface area contributed by atoms with E-state index >= 15 is 0 Å². The minimum absolute atomic E-state index is 0.213. The zero-order valence-electron chi connectivity index (χ0n) is 11.6. The maximum Gasteiger partial charge on any atom is 0.272 e. The summed E-state index contributed by atoms with van der Waals surface area (Å²) in [6, 6.07) is 9.39. The van der Waals surface area contributed by atoms with Crippen LogP contribution in [0.25, 0.3) is 11.3 Å². The predicted octanol–water partition coefficient (Wildman–Crippen LogP) is 2.01. The summed E-state index contributed by atoms with van der Waals surface area (Å²) in [4.78, 5) is 11.9. The first-order chi connectivity index (χ1) is 9.65. The second-order valence-electron chi connectivity index (χ2n) is 4.27. The smallest absolute Gasteiger partial charge is 0.272 e. The second-order valence-corrected chi connectivity index (χ2v) is 4.27. The fourth-order valence-corrected chi connectivity index (χ4v) is 1.89. The standard InChI is InChI=1S/C15H17N3O2/c1-4-8-16-15(19)13-10-14(18(2)17-13)11-6-5-7-12(9-11)20-3/h4-7,9-10H,1,8H2,2-3H3,(H,16,19). The van der Waals surface area contributed by atoms with E-state index in [9.17, 15) is 4.79 Å². The Morgan fingerprint density at radius 3 is 3.00 bits per heavy atom. The van der Waals surface area contributed by atoms with E-state index in [-0.39, 0.29) is 5.91 Å². The molecule has 2 aromatic rings. The van der Waals surface area contributed by atoms with Crippen LogP contribution in [0.4, 0.5) is 0 Å². The van der Waals surface area contributed by atoms with Gasteiger partial charge in [0.1, 0.15) is 5.75 Å². The van der Waals surface area contributed by atoms with Crippen molar-refractivity contribution in [3.63, 3.8) is 0 Å². The van der Waals surface area contributed by atoms with Gasteiger partial charge in [0, 0.05) is 19.2 Å². The summed E-state index contributed by atoms with van der Waals surface area (Å²) in [5.41, 5.74) is 2.18. The Balaban J connectivity index is 2.31. The Labute approximate surface area is 117 Å². The summed E-state index contributed by atoms with van der Waals surface area (Å²) in [5, 5.41) is 6.93. The van der Waals surface area contributed by atoms with Gasteiger partial charge in [-0.05, 0) is 18.2 Å². The molecule has 0 aliphatic carbocycles. The Morgan fingerprint density at radius 1 is 1.50 bits per heavy atom. The fraction of sp³-hybridized carbons (Fsp3) is 0.200. The molecule has 5 heteroatoms. The summed E-state index contributed by atoms with van der Waals surface area (Å²) in [5.74, 6) is 0.552. The minimum Gasteiger partial charge on any atom is -0.497 e. The van der Waals surface area contributed by atoms with E-state index in [4.69, 9.17) is 4.74 Å². The van der Waals surface area contributed by atoms with E-state index in [1.54, 1.807) is 31.0 Å². The molecule has 1 amide bonds. The number of rotatable bonds is 5. The van der Waals surface area contributed by atoms with Crippen LogP contribution in [0.3, 0.4) is 0 Å². The molecule has 1 N–H and O–H groups in total. The average molecular weight is 271 g/mol.